The van der Waals surface area contributed by atoms with Crippen LogP contribution in [0.1, 0.15) is 35.3 Å². The molecule has 0 saturated carbocycles. The average Bonchev–Trinajstić information content (AvgIpc) is 3.16. The second-order valence-corrected chi connectivity index (χ2v) is 7.92. The quantitative estimate of drug-likeness (QED) is 0.644. The highest BCUT2D eigenvalue weighted by atomic mass is 32.1. The Morgan fingerprint density at radius 3 is 2.93 bits per heavy atom. The van der Waals surface area contributed by atoms with Gasteiger partial charge in [0.05, 0.1) is 12.7 Å². The van der Waals surface area contributed by atoms with Crippen LogP contribution in [0.2, 0.25) is 0 Å². The molecule has 3 aromatic rings. The van der Waals surface area contributed by atoms with Crippen LogP contribution in [0.5, 0.6) is 5.75 Å². The van der Waals surface area contributed by atoms with Gasteiger partial charge in [-0.15, -0.1) is 11.3 Å². The average molecular weight is 381 g/mol. The zero-order chi connectivity index (χ0) is 18.6. The second kappa shape index (κ2) is 8.15. The third-order valence-corrected chi connectivity index (χ3v) is 5.82. The van der Waals surface area contributed by atoms with E-state index in [0.29, 0.717) is 0 Å². The van der Waals surface area contributed by atoms with Gasteiger partial charge in [0.2, 0.25) is 0 Å². The zero-order valence-corrected chi connectivity index (χ0v) is 16.6. The maximum Gasteiger partial charge on any atom is 0.129 e. The van der Waals surface area contributed by atoms with Gasteiger partial charge in [-0.2, -0.15) is 0 Å². The Morgan fingerprint density at radius 1 is 1.19 bits per heavy atom. The monoisotopic (exact) mass is 380 g/mol. The standard InChI is InChI=1S/C21H24N4OS/c1-3-6-20-22-11-15-13-25(10-9-18(15)24-20)14-16-12-23-21(27-16)17-7-4-5-8-19(17)26-2/h4-5,7-8,11-12H,3,6,9-10,13-14H2,1-2H3. The Balaban J connectivity index is 1.46. The van der Waals surface area contributed by atoms with Gasteiger partial charge in [0.1, 0.15) is 16.6 Å². The lowest BCUT2D eigenvalue weighted by molar-refractivity contribution is 0.244. The third kappa shape index (κ3) is 4.01. The van der Waals surface area contributed by atoms with Gasteiger partial charge in [-0.1, -0.05) is 19.1 Å². The lowest BCUT2D eigenvalue weighted by Crippen LogP contribution is -2.30. The molecule has 0 aliphatic carbocycles. The SMILES string of the molecule is CCCc1ncc2c(n1)CCN(Cc1cnc(-c3ccccc3OC)s1)C2. The number of methoxy groups -OCH3 is 1. The van der Waals surface area contributed by atoms with Crippen LogP contribution in [-0.2, 0) is 25.9 Å². The van der Waals surface area contributed by atoms with Crippen molar-refractivity contribution in [3.63, 3.8) is 0 Å². The molecule has 140 valence electrons. The van der Waals surface area contributed by atoms with Crippen molar-refractivity contribution in [3.05, 3.63) is 58.6 Å². The van der Waals surface area contributed by atoms with Crippen molar-refractivity contribution in [2.75, 3.05) is 13.7 Å². The highest BCUT2D eigenvalue weighted by Crippen LogP contribution is 2.33. The van der Waals surface area contributed by atoms with Gasteiger partial charge in [0.15, 0.2) is 0 Å². The maximum absolute atomic E-state index is 5.47. The number of hydrogen-bond donors (Lipinski definition) is 0. The Hall–Kier alpha value is -2.31. The van der Waals surface area contributed by atoms with Gasteiger partial charge >= 0.3 is 0 Å². The van der Waals surface area contributed by atoms with Crippen molar-refractivity contribution in [1.82, 2.24) is 19.9 Å². The van der Waals surface area contributed by atoms with E-state index in [1.54, 1.807) is 18.4 Å². The summed E-state index contributed by atoms with van der Waals surface area (Å²) < 4.78 is 5.47. The summed E-state index contributed by atoms with van der Waals surface area (Å²) in [6.07, 6.45) is 7.05. The molecule has 3 heterocycles. The first-order valence-electron chi connectivity index (χ1n) is 9.41. The number of ether oxygens (including phenoxy) is 1. The summed E-state index contributed by atoms with van der Waals surface area (Å²) in [7, 11) is 1.70. The lowest BCUT2D eigenvalue weighted by atomic mass is 10.1. The van der Waals surface area contributed by atoms with E-state index < -0.39 is 0 Å². The van der Waals surface area contributed by atoms with Crippen LogP contribution in [0.25, 0.3) is 10.6 Å². The van der Waals surface area contributed by atoms with Crippen LogP contribution in [0.4, 0.5) is 0 Å². The molecule has 5 nitrogen and oxygen atoms in total. The van der Waals surface area contributed by atoms with Gasteiger partial charge in [-0.25, -0.2) is 15.0 Å². The van der Waals surface area contributed by atoms with Crippen LogP contribution in [-0.4, -0.2) is 33.5 Å². The number of para-hydroxylation sites is 1. The summed E-state index contributed by atoms with van der Waals surface area (Å²) >= 11 is 1.74. The van der Waals surface area contributed by atoms with Crippen LogP contribution in [0.15, 0.2) is 36.7 Å². The molecule has 0 spiro atoms. The van der Waals surface area contributed by atoms with Crippen molar-refractivity contribution in [1.29, 1.82) is 0 Å². The molecular formula is C21H24N4OS. The van der Waals surface area contributed by atoms with Crippen LogP contribution < -0.4 is 4.74 Å². The van der Waals surface area contributed by atoms with Crippen molar-refractivity contribution in [2.24, 2.45) is 0 Å². The molecule has 0 radical (unpaired) electrons. The van der Waals surface area contributed by atoms with Gasteiger partial charge in [-0.05, 0) is 18.6 Å². The summed E-state index contributed by atoms with van der Waals surface area (Å²) in [5.74, 6) is 1.85. The van der Waals surface area contributed by atoms with E-state index in [4.69, 9.17) is 9.72 Å². The number of rotatable bonds is 6. The summed E-state index contributed by atoms with van der Waals surface area (Å²) in [6, 6.07) is 8.04. The third-order valence-electron chi connectivity index (χ3n) is 4.81. The van der Waals surface area contributed by atoms with E-state index >= 15 is 0 Å². The molecule has 27 heavy (non-hydrogen) atoms. The number of benzene rings is 1. The fourth-order valence-corrected chi connectivity index (χ4v) is 4.43. The van der Waals surface area contributed by atoms with E-state index in [2.05, 4.69) is 27.9 Å². The summed E-state index contributed by atoms with van der Waals surface area (Å²) in [5.41, 5.74) is 3.54. The number of fused-ring (bicyclic) bond motifs is 1. The summed E-state index contributed by atoms with van der Waals surface area (Å²) in [4.78, 5) is 17.6. The molecule has 0 amide bonds. The molecule has 0 fully saturated rings. The number of nitrogens with zero attached hydrogens (tertiary/aromatic N) is 4. The first kappa shape index (κ1) is 18.1. The molecule has 1 aromatic carbocycles. The minimum Gasteiger partial charge on any atom is -0.496 e. The molecule has 0 bridgehead atoms. The minimum absolute atomic E-state index is 0.866. The van der Waals surface area contributed by atoms with Crippen LogP contribution in [0, 0.1) is 0 Å². The summed E-state index contributed by atoms with van der Waals surface area (Å²) in [6.45, 7) is 5.00. The molecule has 0 atom stereocenters. The first-order chi connectivity index (χ1) is 13.3. The fourth-order valence-electron chi connectivity index (χ4n) is 3.44. The van der Waals surface area contributed by atoms with Crippen molar-refractivity contribution >= 4 is 11.3 Å². The Labute approximate surface area is 164 Å². The van der Waals surface area contributed by atoms with E-state index in [1.807, 2.05) is 30.6 Å². The smallest absolute Gasteiger partial charge is 0.129 e. The Kier molecular flexibility index (Phi) is 5.45. The highest BCUT2D eigenvalue weighted by molar-refractivity contribution is 7.15. The zero-order valence-electron chi connectivity index (χ0n) is 15.8. The molecule has 0 saturated heterocycles. The number of aromatic nitrogens is 3. The molecule has 1 aliphatic rings. The summed E-state index contributed by atoms with van der Waals surface area (Å²) in [5, 5.41) is 1.01. The number of hydrogen-bond acceptors (Lipinski definition) is 6. The van der Waals surface area contributed by atoms with E-state index in [0.717, 1.165) is 61.0 Å². The molecule has 6 heteroatoms. The van der Waals surface area contributed by atoms with Crippen LogP contribution in [0.3, 0.4) is 0 Å². The predicted molar refractivity (Wildman–Crippen MR) is 108 cm³/mol. The largest absolute Gasteiger partial charge is 0.496 e. The van der Waals surface area contributed by atoms with Crippen LogP contribution >= 0.6 is 11.3 Å². The van der Waals surface area contributed by atoms with Gasteiger partial charge in [-0.3, -0.25) is 4.90 Å². The van der Waals surface area contributed by atoms with Gasteiger partial charge < -0.3 is 4.74 Å². The fraction of sp³-hybridized carbons (Fsp3) is 0.381. The lowest BCUT2D eigenvalue weighted by Gasteiger charge is -2.27. The highest BCUT2D eigenvalue weighted by Gasteiger charge is 2.19. The molecule has 1 aliphatic heterocycles. The van der Waals surface area contributed by atoms with Crippen molar-refractivity contribution in [3.8, 4) is 16.3 Å². The van der Waals surface area contributed by atoms with E-state index in [1.165, 1.54) is 16.1 Å². The normalized spacial score (nSPS) is 14.1. The number of aryl methyl sites for hydroxylation is 1. The second-order valence-electron chi connectivity index (χ2n) is 6.80. The first-order valence-corrected chi connectivity index (χ1v) is 10.2. The van der Waals surface area contributed by atoms with E-state index in [9.17, 15) is 0 Å². The van der Waals surface area contributed by atoms with Gasteiger partial charge in [0.25, 0.3) is 0 Å². The topological polar surface area (TPSA) is 51.1 Å². The minimum atomic E-state index is 0.866. The maximum atomic E-state index is 5.47. The molecular weight excluding hydrogens is 356 g/mol. The van der Waals surface area contributed by atoms with Crippen molar-refractivity contribution in [2.45, 2.75) is 39.3 Å². The number of thiazole rings is 1. The molecule has 4 rings (SSSR count). The predicted octanol–water partition coefficient (Wildman–Crippen LogP) is 4.12. The molecule has 2 aromatic heterocycles. The molecule has 0 unspecified atom stereocenters. The van der Waals surface area contributed by atoms with Crippen molar-refractivity contribution < 1.29 is 4.74 Å². The Morgan fingerprint density at radius 2 is 2.07 bits per heavy atom. The van der Waals surface area contributed by atoms with E-state index in [-0.39, 0.29) is 0 Å². The molecule has 0 N–H and O–H groups in total. The van der Waals surface area contributed by atoms with Gasteiger partial charge in [0, 0.05) is 61.0 Å². The Bertz CT molecular complexity index is 924.